The predicted molar refractivity (Wildman–Crippen MR) is 50.0 cm³/mol. The highest BCUT2D eigenvalue weighted by Gasteiger charge is 2.44. The average Bonchev–Trinajstić information content (AvgIpc) is 2.25. The van der Waals surface area contributed by atoms with Crippen molar-refractivity contribution in [3.8, 4) is 0 Å². The van der Waals surface area contributed by atoms with Gasteiger partial charge in [0.25, 0.3) is 0 Å². The van der Waals surface area contributed by atoms with E-state index >= 15 is 0 Å². The van der Waals surface area contributed by atoms with Crippen molar-refractivity contribution in [2.45, 2.75) is 46.1 Å². The molecule has 0 bridgehead atoms. The number of likely N-dealkylation sites (tertiary alicyclic amines) is 1. The van der Waals surface area contributed by atoms with Crippen molar-refractivity contribution in [2.75, 3.05) is 6.54 Å². The zero-order valence-corrected chi connectivity index (χ0v) is 8.94. The summed E-state index contributed by atoms with van der Waals surface area (Å²) in [6, 6.07) is -2.91. The SMILES string of the molecule is CC(C)(C)CC(=O)N1CCCC1(F)F. The van der Waals surface area contributed by atoms with E-state index in [9.17, 15) is 13.6 Å². The quantitative estimate of drug-likeness (QED) is 0.602. The molecule has 0 N–H and O–H groups in total. The van der Waals surface area contributed by atoms with Crippen molar-refractivity contribution in [2.24, 2.45) is 5.41 Å². The van der Waals surface area contributed by atoms with Gasteiger partial charge in [-0.3, -0.25) is 9.69 Å². The fraction of sp³-hybridized carbons (Fsp3) is 0.900. The molecule has 1 saturated heterocycles. The first-order chi connectivity index (χ1) is 6.22. The summed E-state index contributed by atoms with van der Waals surface area (Å²) in [5.74, 6) is -0.431. The van der Waals surface area contributed by atoms with E-state index in [-0.39, 0.29) is 24.8 Å². The predicted octanol–water partition coefficient (Wildman–Crippen LogP) is 2.64. The summed E-state index contributed by atoms with van der Waals surface area (Å²) in [7, 11) is 0. The number of rotatable bonds is 1. The molecule has 0 radical (unpaired) electrons. The molecule has 4 heteroatoms. The smallest absolute Gasteiger partial charge is 0.284 e. The molecule has 1 rings (SSSR count). The standard InChI is InChI=1S/C10H17F2NO/c1-9(2,3)7-8(14)13-6-4-5-10(13,11)12/h4-7H2,1-3H3. The maximum Gasteiger partial charge on any atom is 0.327 e. The van der Waals surface area contributed by atoms with Gasteiger partial charge in [-0.25, -0.2) is 0 Å². The lowest BCUT2D eigenvalue weighted by Crippen LogP contribution is -2.41. The first kappa shape index (κ1) is 11.4. The van der Waals surface area contributed by atoms with Crippen molar-refractivity contribution in [1.29, 1.82) is 0 Å². The van der Waals surface area contributed by atoms with Crippen LogP contribution < -0.4 is 0 Å². The third-order valence-corrected chi connectivity index (χ3v) is 2.24. The number of hydrogen-bond acceptors (Lipinski definition) is 1. The number of amides is 1. The van der Waals surface area contributed by atoms with E-state index in [2.05, 4.69) is 0 Å². The maximum absolute atomic E-state index is 13.1. The van der Waals surface area contributed by atoms with Gasteiger partial charge in [-0.05, 0) is 11.8 Å². The Morgan fingerprint density at radius 3 is 2.36 bits per heavy atom. The highest BCUT2D eigenvalue weighted by Crippen LogP contribution is 2.34. The second-order valence-corrected chi connectivity index (χ2v) is 5.05. The summed E-state index contributed by atoms with van der Waals surface area (Å²) >= 11 is 0. The van der Waals surface area contributed by atoms with Gasteiger partial charge in [-0.2, -0.15) is 8.78 Å². The Hall–Kier alpha value is -0.670. The normalized spacial score (nSPS) is 21.4. The molecule has 0 aromatic rings. The molecule has 0 atom stereocenters. The minimum atomic E-state index is -2.91. The average molecular weight is 205 g/mol. The van der Waals surface area contributed by atoms with E-state index in [4.69, 9.17) is 0 Å². The monoisotopic (exact) mass is 205 g/mol. The number of carbonyl (C=O) groups excluding carboxylic acids is 1. The Morgan fingerprint density at radius 1 is 1.43 bits per heavy atom. The lowest BCUT2D eigenvalue weighted by Gasteiger charge is -2.27. The van der Waals surface area contributed by atoms with Crippen molar-refractivity contribution < 1.29 is 13.6 Å². The molecule has 0 aromatic carbocycles. The van der Waals surface area contributed by atoms with Crippen LogP contribution in [0.2, 0.25) is 0 Å². The van der Waals surface area contributed by atoms with E-state index in [1.54, 1.807) is 0 Å². The van der Waals surface area contributed by atoms with Crippen LogP contribution in [0, 0.1) is 5.41 Å². The second kappa shape index (κ2) is 3.48. The van der Waals surface area contributed by atoms with Crippen LogP contribution in [-0.2, 0) is 4.79 Å². The molecule has 1 aliphatic heterocycles. The maximum atomic E-state index is 13.1. The Kier molecular flexibility index (Phi) is 2.83. The number of carbonyl (C=O) groups is 1. The van der Waals surface area contributed by atoms with E-state index in [1.807, 2.05) is 20.8 Å². The Morgan fingerprint density at radius 2 is 2.00 bits per heavy atom. The van der Waals surface area contributed by atoms with Crippen LogP contribution in [0.25, 0.3) is 0 Å². The molecule has 1 aliphatic rings. The highest BCUT2D eigenvalue weighted by atomic mass is 19.3. The van der Waals surface area contributed by atoms with Crippen LogP contribution in [-0.4, -0.2) is 23.4 Å². The summed E-state index contributed by atoms with van der Waals surface area (Å²) in [5.41, 5.74) is -0.226. The molecule has 0 spiro atoms. The van der Waals surface area contributed by atoms with Crippen LogP contribution in [0.5, 0.6) is 0 Å². The molecule has 82 valence electrons. The Labute approximate surface area is 83.3 Å². The number of hydrogen-bond donors (Lipinski definition) is 0. The van der Waals surface area contributed by atoms with Crippen molar-refractivity contribution >= 4 is 5.91 Å². The van der Waals surface area contributed by atoms with Crippen LogP contribution in [0.15, 0.2) is 0 Å². The Bertz CT molecular complexity index is 233. The van der Waals surface area contributed by atoms with Gasteiger partial charge in [0.05, 0.1) is 0 Å². The molecular weight excluding hydrogens is 188 g/mol. The topological polar surface area (TPSA) is 20.3 Å². The van der Waals surface area contributed by atoms with Crippen molar-refractivity contribution in [1.82, 2.24) is 4.90 Å². The van der Waals surface area contributed by atoms with Crippen LogP contribution >= 0.6 is 0 Å². The fourth-order valence-corrected chi connectivity index (χ4v) is 1.60. The van der Waals surface area contributed by atoms with Gasteiger partial charge < -0.3 is 0 Å². The highest BCUT2D eigenvalue weighted by molar-refractivity contribution is 5.77. The molecular formula is C10H17F2NO. The second-order valence-electron chi connectivity index (χ2n) is 5.05. The van der Waals surface area contributed by atoms with Crippen molar-refractivity contribution in [3.63, 3.8) is 0 Å². The Balaban J connectivity index is 2.62. The third-order valence-electron chi connectivity index (χ3n) is 2.24. The van der Waals surface area contributed by atoms with Crippen LogP contribution in [0.4, 0.5) is 8.78 Å². The molecule has 14 heavy (non-hydrogen) atoms. The lowest BCUT2D eigenvalue weighted by atomic mass is 9.91. The van der Waals surface area contributed by atoms with E-state index < -0.39 is 12.0 Å². The van der Waals surface area contributed by atoms with Gasteiger partial charge in [-0.15, -0.1) is 0 Å². The molecule has 0 unspecified atom stereocenters. The van der Waals surface area contributed by atoms with Gasteiger partial charge in [0.2, 0.25) is 5.91 Å². The first-order valence-corrected chi connectivity index (χ1v) is 4.91. The van der Waals surface area contributed by atoms with Gasteiger partial charge in [0, 0.05) is 19.4 Å². The van der Waals surface area contributed by atoms with Gasteiger partial charge in [0.15, 0.2) is 0 Å². The zero-order chi connectivity index (χ0) is 11.0. The summed E-state index contributed by atoms with van der Waals surface area (Å²) in [4.78, 5) is 12.2. The van der Waals surface area contributed by atoms with E-state index in [1.165, 1.54) is 0 Å². The van der Waals surface area contributed by atoms with Crippen molar-refractivity contribution in [3.05, 3.63) is 0 Å². The fourth-order valence-electron chi connectivity index (χ4n) is 1.60. The molecule has 2 nitrogen and oxygen atoms in total. The number of halogens is 2. The molecule has 1 fully saturated rings. The molecule has 0 aliphatic carbocycles. The molecule has 1 heterocycles. The van der Waals surface area contributed by atoms with Gasteiger partial charge >= 0.3 is 6.05 Å². The van der Waals surface area contributed by atoms with E-state index in [0.717, 1.165) is 4.90 Å². The third kappa shape index (κ3) is 2.66. The lowest BCUT2D eigenvalue weighted by molar-refractivity contribution is -0.164. The molecule has 1 amide bonds. The summed E-state index contributed by atoms with van der Waals surface area (Å²) in [5, 5.41) is 0. The number of nitrogens with zero attached hydrogens (tertiary/aromatic N) is 1. The minimum Gasteiger partial charge on any atom is -0.284 e. The minimum absolute atomic E-state index is 0.183. The summed E-state index contributed by atoms with van der Waals surface area (Å²) in [6.45, 7) is 5.82. The zero-order valence-electron chi connectivity index (χ0n) is 8.94. The van der Waals surface area contributed by atoms with Gasteiger partial charge in [-0.1, -0.05) is 20.8 Å². The van der Waals surface area contributed by atoms with Crippen LogP contribution in [0.1, 0.15) is 40.0 Å². The van der Waals surface area contributed by atoms with Crippen LogP contribution in [0.3, 0.4) is 0 Å². The molecule has 0 aromatic heterocycles. The summed E-state index contributed by atoms with van der Waals surface area (Å²) in [6.07, 6.45) is 0.397. The summed E-state index contributed by atoms with van der Waals surface area (Å²) < 4.78 is 26.3. The first-order valence-electron chi connectivity index (χ1n) is 4.91. The molecule has 0 saturated carbocycles. The van der Waals surface area contributed by atoms with Gasteiger partial charge in [0.1, 0.15) is 0 Å². The largest absolute Gasteiger partial charge is 0.327 e. The number of alkyl halides is 2. The van der Waals surface area contributed by atoms with E-state index in [0.29, 0.717) is 6.42 Å².